The van der Waals surface area contributed by atoms with Crippen LogP contribution in [0.15, 0.2) is 40.7 Å². The molecule has 0 atom stereocenters. The van der Waals surface area contributed by atoms with Gasteiger partial charge < -0.3 is 15.8 Å². The average Bonchev–Trinajstić information content (AvgIpc) is 3.26. The van der Waals surface area contributed by atoms with Crippen LogP contribution in [0.25, 0.3) is 10.4 Å². The Morgan fingerprint density at radius 1 is 1.33 bits per heavy atom. The van der Waals surface area contributed by atoms with E-state index in [0.29, 0.717) is 22.0 Å². The molecule has 0 unspecified atom stereocenters. The van der Waals surface area contributed by atoms with Crippen molar-refractivity contribution in [3.63, 3.8) is 0 Å². The summed E-state index contributed by atoms with van der Waals surface area (Å²) in [6.07, 6.45) is 0. The number of nitriles is 2. The summed E-state index contributed by atoms with van der Waals surface area (Å²) in [5.41, 5.74) is 7.18. The van der Waals surface area contributed by atoms with Crippen molar-refractivity contribution in [2.75, 3.05) is 23.9 Å². The number of pyridine rings is 1. The highest BCUT2D eigenvalue weighted by Crippen LogP contribution is 2.37. The first-order valence-electron chi connectivity index (χ1n) is 8.42. The molecule has 1 aromatic carbocycles. The van der Waals surface area contributed by atoms with Crippen LogP contribution in [0.1, 0.15) is 11.1 Å². The molecule has 0 bridgehead atoms. The van der Waals surface area contributed by atoms with Gasteiger partial charge in [0.1, 0.15) is 34.3 Å². The number of thioether (sulfide) groups is 1. The number of amides is 1. The van der Waals surface area contributed by atoms with E-state index in [9.17, 15) is 15.3 Å². The Labute approximate surface area is 186 Å². The number of carbonyl (C=O) groups excluding carboxylic acids is 1. The highest BCUT2D eigenvalue weighted by Gasteiger charge is 2.21. The zero-order valence-corrected chi connectivity index (χ0v) is 18.0. The number of carbonyl (C=O) groups is 1. The quantitative estimate of drug-likeness (QED) is 0.523. The van der Waals surface area contributed by atoms with Crippen molar-refractivity contribution in [1.29, 1.82) is 10.5 Å². The van der Waals surface area contributed by atoms with Gasteiger partial charge in [-0.3, -0.25) is 4.79 Å². The number of nitrogens with one attached hydrogen (secondary N) is 1. The number of rotatable bonds is 6. The predicted molar refractivity (Wildman–Crippen MR) is 119 cm³/mol. The minimum absolute atomic E-state index is 0.0133. The third-order valence-corrected chi connectivity index (χ3v) is 6.06. The minimum atomic E-state index is -0.341. The maximum Gasteiger partial charge on any atom is 0.234 e. The van der Waals surface area contributed by atoms with E-state index in [1.54, 1.807) is 24.3 Å². The first kappa shape index (κ1) is 21.5. The molecular weight excluding hydrogens is 442 g/mol. The van der Waals surface area contributed by atoms with Gasteiger partial charge in [-0.05, 0) is 29.6 Å². The highest BCUT2D eigenvalue weighted by atomic mass is 35.5. The monoisotopic (exact) mass is 455 g/mol. The fourth-order valence-electron chi connectivity index (χ4n) is 2.67. The third-order valence-electron chi connectivity index (χ3n) is 3.96. The topological polar surface area (TPSA) is 125 Å². The lowest BCUT2D eigenvalue weighted by Crippen LogP contribution is -2.15. The van der Waals surface area contributed by atoms with Crippen LogP contribution in [-0.2, 0) is 4.79 Å². The molecule has 10 heteroatoms. The van der Waals surface area contributed by atoms with E-state index in [2.05, 4.69) is 16.4 Å². The summed E-state index contributed by atoms with van der Waals surface area (Å²) in [4.78, 5) is 17.4. The Kier molecular flexibility index (Phi) is 6.80. The number of hydrogen-bond acceptors (Lipinski definition) is 8. The second kappa shape index (κ2) is 9.51. The number of thiophene rings is 1. The van der Waals surface area contributed by atoms with Crippen molar-refractivity contribution in [3.05, 3.63) is 51.9 Å². The van der Waals surface area contributed by atoms with Crippen LogP contribution in [0.4, 0.5) is 11.5 Å². The molecule has 2 heterocycles. The number of nitrogen functional groups attached to an aromatic ring is 1. The van der Waals surface area contributed by atoms with Crippen molar-refractivity contribution < 1.29 is 9.53 Å². The van der Waals surface area contributed by atoms with Crippen LogP contribution < -0.4 is 15.8 Å². The van der Waals surface area contributed by atoms with Gasteiger partial charge in [0.05, 0.1) is 24.1 Å². The summed E-state index contributed by atoms with van der Waals surface area (Å²) in [7, 11) is 1.49. The second-order valence-electron chi connectivity index (χ2n) is 5.81. The van der Waals surface area contributed by atoms with E-state index >= 15 is 0 Å². The Morgan fingerprint density at radius 3 is 2.73 bits per heavy atom. The first-order valence-corrected chi connectivity index (χ1v) is 10.7. The van der Waals surface area contributed by atoms with E-state index in [1.165, 1.54) is 18.4 Å². The molecule has 3 aromatic rings. The molecule has 0 saturated carbocycles. The summed E-state index contributed by atoms with van der Waals surface area (Å²) in [5, 5.41) is 24.5. The number of halogens is 1. The summed E-state index contributed by atoms with van der Waals surface area (Å²) in [5.74, 6) is 0.106. The van der Waals surface area contributed by atoms with E-state index in [4.69, 9.17) is 22.1 Å². The molecule has 2 aromatic heterocycles. The van der Waals surface area contributed by atoms with Crippen molar-refractivity contribution in [2.24, 2.45) is 0 Å². The van der Waals surface area contributed by atoms with Gasteiger partial charge in [0.25, 0.3) is 0 Å². The predicted octanol–water partition coefficient (Wildman–Crippen LogP) is 4.53. The van der Waals surface area contributed by atoms with Gasteiger partial charge in [0, 0.05) is 15.5 Å². The standard InChI is InChI=1S/C20H14ClN5O2S2/c1-28-15-5-4-11(21)7-14(15)25-17(27)10-30-20-13(9-23)18(16-3-2-6-29-16)12(8-22)19(24)26-20/h2-7H,10H2,1H3,(H2,24,26)(H,25,27). The summed E-state index contributed by atoms with van der Waals surface area (Å²) in [6.45, 7) is 0. The molecule has 0 fully saturated rings. The fraction of sp³-hybridized carbons (Fsp3) is 0.100. The zero-order chi connectivity index (χ0) is 21.7. The summed E-state index contributed by atoms with van der Waals surface area (Å²) >= 11 is 8.43. The fourth-order valence-corrected chi connectivity index (χ4v) is 4.42. The second-order valence-corrected chi connectivity index (χ2v) is 8.16. The van der Waals surface area contributed by atoms with Crippen molar-refractivity contribution in [3.8, 4) is 28.3 Å². The molecule has 0 aliphatic rings. The Morgan fingerprint density at radius 2 is 2.10 bits per heavy atom. The minimum Gasteiger partial charge on any atom is -0.495 e. The maximum absolute atomic E-state index is 12.5. The van der Waals surface area contributed by atoms with Crippen LogP contribution in [0.5, 0.6) is 5.75 Å². The molecule has 30 heavy (non-hydrogen) atoms. The number of anilines is 2. The highest BCUT2D eigenvalue weighted by molar-refractivity contribution is 8.00. The molecule has 7 nitrogen and oxygen atoms in total. The molecule has 3 N–H and O–H groups in total. The van der Waals surface area contributed by atoms with E-state index in [1.807, 2.05) is 17.5 Å². The number of aromatic nitrogens is 1. The van der Waals surface area contributed by atoms with E-state index in [-0.39, 0.29) is 33.6 Å². The van der Waals surface area contributed by atoms with E-state index in [0.717, 1.165) is 16.6 Å². The summed E-state index contributed by atoms with van der Waals surface area (Å²) in [6, 6.07) is 12.6. The Balaban J connectivity index is 1.88. The molecule has 0 aliphatic carbocycles. The number of nitrogens with zero attached hydrogens (tertiary/aromatic N) is 3. The van der Waals surface area contributed by atoms with Crippen molar-refractivity contribution >= 4 is 52.1 Å². The molecule has 1 amide bonds. The van der Waals surface area contributed by atoms with Gasteiger partial charge in [-0.2, -0.15) is 10.5 Å². The molecule has 0 spiro atoms. The van der Waals surface area contributed by atoms with E-state index < -0.39 is 0 Å². The van der Waals surface area contributed by atoms with Gasteiger partial charge in [-0.1, -0.05) is 29.4 Å². The number of benzene rings is 1. The average molecular weight is 456 g/mol. The SMILES string of the molecule is COc1ccc(Cl)cc1NC(=O)CSc1nc(N)c(C#N)c(-c2cccs2)c1C#N. The molecule has 0 saturated heterocycles. The van der Waals surface area contributed by atoms with Gasteiger partial charge in [0.15, 0.2) is 0 Å². The number of methoxy groups -OCH3 is 1. The largest absolute Gasteiger partial charge is 0.495 e. The van der Waals surface area contributed by atoms with Crippen LogP contribution in [-0.4, -0.2) is 23.8 Å². The summed E-state index contributed by atoms with van der Waals surface area (Å²) < 4.78 is 5.22. The molecule has 0 aliphatic heterocycles. The van der Waals surface area contributed by atoms with Crippen molar-refractivity contribution in [1.82, 2.24) is 4.98 Å². The van der Waals surface area contributed by atoms with Gasteiger partial charge >= 0.3 is 0 Å². The number of hydrogen-bond donors (Lipinski definition) is 2. The zero-order valence-electron chi connectivity index (χ0n) is 15.6. The van der Waals surface area contributed by atoms with Gasteiger partial charge in [-0.15, -0.1) is 11.3 Å². The maximum atomic E-state index is 12.5. The first-order chi connectivity index (χ1) is 14.5. The molecule has 150 valence electrons. The lowest BCUT2D eigenvalue weighted by molar-refractivity contribution is -0.113. The van der Waals surface area contributed by atoms with Crippen molar-refractivity contribution in [2.45, 2.75) is 5.03 Å². The Hall–Kier alpha value is -3.24. The number of nitrogens with two attached hydrogens (primary N) is 1. The Bertz CT molecular complexity index is 1180. The van der Waals surface area contributed by atoms with Gasteiger partial charge in [-0.25, -0.2) is 4.98 Å². The lowest BCUT2D eigenvalue weighted by atomic mass is 10.0. The third kappa shape index (κ3) is 4.50. The van der Waals surface area contributed by atoms with Crippen LogP contribution >= 0.6 is 34.7 Å². The lowest BCUT2D eigenvalue weighted by Gasteiger charge is -2.12. The molecular formula is C20H14ClN5O2S2. The van der Waals surface area contributed by atoms with Crippen LogP contribution in [0, 0.1) is 22.7 Å². The van der Waals surface area contributed by atoms with Crippen LogP contribution in [0.3, 0.4) is 0 Å². The number of ether oxygens (including phenoxy) is 1. The normalized spacial score (nSPS) is 10.1. The smallest absolute Gasteiger partial charge is 0.234 e. The molecule has 0 radical (unpaired) electrons. The molecule has 3 rings (SSSR count). The van der Waals surface area contributed by atoms with Crippen LogP contribution in [0.2, 0.25) is 5.02 Å². The van der Waals surface area contributed by atoms with Gasteiger partial charge in [0.2, 0.25) is 5.91 Å².